The van der Waals surface area contributed by atoms with Gasteiger partial charge in [0.05, 0.1) is 40.5 Å². The van der Waals surface area contributed by atoms with Gasteiger partial charge in [0.25, 0.3) is 0 Å². The number of carbonyl (C=O) groups excluding carboxylic acids is 6. The van der Waals surface area contributed by atoms with Gasteiger partial charge in [-0.15, -0.1) is 0 Å². The van der Waals surface area contributed by atoms with Crippen molar-refractivity contribution in [3.63, 3.8) is 0 Å². The van der Waals surface area contributed by atoms with Gasteiger partial charge in [-0.1, -0.05) is 0 Å². The van der Waals surface area contributed by atoms with Crippen LogP contribution in [0.4, 0.5) is 0 Å². The van der Waals surface area contributed by atoms with E-state index in [2.05, 4.69) is 9.47 Å². The van der Waals surface area contributed by atoms with Crippen LogP contribution in [0.2, 0.25) is 0 Å². The van der Waals surface area contributed by atoms with Gasteiger partial charge in [0.1, 0.15) is 5.75 Å². The maximum Gasteiger partial charge on any atom is 0.346 e. The SMILES string of the molecule is COc1cc(OC(=O)c2ccc3c(c2)C(=O)OC3=O)ccc1OC(=O)c1ccc2c(c1)C(=O)OC2=O. The molecular weight excluding hydrogens is 476 g/mol. The number of cyclic esters (lactones) is 4. The smallest absolute Gasteiger partial charge is 0.346 e. The number of hydrogen-bond donors (Lipinski definition) is 0. The minimum absolute atomic E-state index is 0.00323. The highest BCUT2D eigenvalue weighted by Crippen LogP contribution is 2.33. The highest BCUT2D eigenvalue weighted by atomic mass is 16.6. The van der Waals surface area contributed by atoms with Gasteiger partial charge in [0.2, 0.25) is 0 Å². The molecule has 0 fully saturated rings. The topological polar surface area (TPSA) is 149 Å². The van der Waals surface area contributed by atoms with Crippen LogP contribution >= 0.6 is 0 Å². The minimum atomic E-state index is -0.861. The highest BCUT2D eigenvalue weighted by molar-refractivity contribution is 6.16. The normalized spacial score (nSPS) is 13.5. The second kappa shape index (κ2) is 8.47. The van der Waals surface area contributed by atoms with E-state index in [0.29, 0.717) is 0 Å². The summed E-state index contributed by atoms with van der Waals surface area (Å²) in [5.41, 5.74) is 0.00445. The standard InChI is InChI=1S/C25H12O11/c1-32-19-10-13(33-20(26)11-2-5-14-16(8-11)24(30)35-22(14)28)4-7-18(19)34-21(27)12-3-6-15-17(9-12)25(31)36-23(15)29/h2-10H,1H3. The van der Waals surface area contributed by atoms with Gasteiger partial charge in [-0.25, -0.2) is 28.8 Å². The lowest BCUT2D eigenvalue weighted by Crippen LogP contribution is -2.11. The zero-order chi connectivity index (χ0) is 25.6. The van der Waals surface area contributed by atoms with Crippen molar-refractivity contribution in [2.24, 2.45) is 0 Å². The Kier molecular flexibility index (Phi) is 5.29. The van der Waals surface area contributed by atoms with Crippen molar-refractivity contribution in [1.29, 1.82) is 0 Å². The fourth-order valence-electron chi connectivity index (χ4n) is 3.54. The van der Waals surface area contributed by atoms with Gasteiger partial charge in [0.15, 0.2) is 11.5 Å². The van der Waals surface area contributed by atoms with Crippen molar-refractivity contribution < 1.29 is 52.5 Å². The first-order chi connectivity index (χ1) is 17.2. The average molecular weight is 488 g/mol. The predicted molar refractivity (Wildman–Crippen MR) is 115 cm³/mol. The molecule has 0 bridgehead atoms. The number of esters is 6. The van der Waals surface area contributed by atoms with Crippen molar-refractivity contribution in [1.82, 2.24) is 0 Å². The average Bonchev–Trinajstić information content (AvgIpc) is 3.32. The number of methoxy groups -OCH3 is 1. The quantitative estimate of drug-likeness (QED) is 0.296. The second-order valence-corrected chi connectivity index (χ2v) is 7.47. The molecule has 3 aromatic carbocycles. The molecule has 2 heterocycles. The minimum Gasteiger partial charge on any atom is -0.493 e. The van der Waals surface area contributed by atoms with Gasteiger partial charge in [-0.05, 0) is 48.5 Å². The Balaban J connectivity index is 1.32. The first-order valence-corrected chi connectivity index (χ1v) is 10.2. The van der Waals surface area contributed by atoms with Crippen LogP contribution in [0.25, 0.3) is 0 Å². The van der Waals surface area contributed by atoms with Crippen molar-refractivity contribution in [3.8, 4) is 17.2 Å². The number of benzene rings is 3. The molecule has 0 saturated carbocycles. The summed E-state index contributed by atoms with van der Waals surface area (Å²) in [7, 11) is 1.30. The Morgan fingerprint density at radius 3 is 1.61 bits per heavy atom. The Labute approximate surface area is 201 Å². The van der Waals surface area contributed by atoms with Crippen LogP contribution in [0.1, 0.15) is 62.1 Å². The van der Waals surface area contributed by atoms with E-state index in [1.807, 2.05) is 0 Å². The van der Waals surface area contributed by atoms with Gasteiger partial charge >= 0.3 is 35.8 Å². The number of ether oxygens (including phenoxy) is 5. The van der Waals surface area contributed by atoms with E-state index in [9.17, 15) is 28.8 Å². The molecule has 5 rings (SSSR count). The summed E-state index contributed by atoms with van der Waals surface area (Å²) in [6.07, 6.45) is 0. The fraction of sp³-hybridized carbons (Fsp3) is 0.0400. The van der Waals surface area contributed by atoms with Crippen LogP contribution in [0.3, 0.4) is 0 Å². The largest absolute Gasteiger partial charge is 0.493 e. The molecule has 0 aromatic heterocycles. The Morgan fingerprint density at radius 2 is 1.08 bits per heavy atom. The van der Waals surface area contributed by atoms with Gasteiger partial charge in [-0.3, -0.25) is 0 Å². The van der Waals surface area contributed by atoms with Crippen LogP contribution in [0.5, 0.6) is 17.2 Å². The summed E-state index contributed by atoms with van der Waals surface area (Å²) in [4.78, 5) is 71.7. The molecule has 2 aliphatic heterocycles. The summed E-state index contributed by atoms with van der Waals surface area (Å²) in [6.45, 7) is 0. The molecule has 36 heavy (non-hydrogen) atoms. The van der Waals surface area contributed by atoms with Gasteiger partial charge in [-0.2, -0.15) is 0 Å². The molecule has 0 unspecified atom stereocenters. The van der Waals surface area contributed by atoms with Crippen molar-refractivity contribution in [2.45, 2.75) is 0 Å². The fourth-order valence-corrected chi connectivity index (χ4v) is 3.54. The van der Waals surface area contributed by atoms with E-state index < -0.39 is 35.8 Å². The van der Waals surface area contributed by atoms with Crippen LogP contribution < -0.4 is 14.2 Å². The van der Waals surface area contributed by atoms with Gasteiger partial charge in [0, 0.05) is 6.07 Å². The molecule has 0 spiro atoms. The Hall–Kier alpha value is -5.32. The van der Waals surface area contributed by atoms with Crippen LogP contribution in [-0.4, -0.2) is 42.9 Å². The van der Waals surface area contributed by atoms with Crippen molar-refractivity contribution in [3.05, 3.63) is 88.0 Å². The summed E-state index contributed by atoms with van der Waals surface area (Å²) in [5, 5.41) is 0. The summed E-state index contributed by atoms with van der Waals surface area (Å²) in [6, 6.07) is 11.5. The Morgan fingerprint density at radius 1 is 0.583 bits per heavy atom. The number of rotatable bonds is 5. The third kappa shape index (κ3) is 3.84. The maximum atomic E-state index is 12.6. The number of carbonyl (C=O) groups is 6. The third-order valence-electron chi connectivity index (χ3n) is 5.31. The molecule has 0 aliphatic carbocycles. The molecule has 0 atom stereocenters. The zero-order valence-corrected chi connectivity index (χ0v) is 18.2. The summed E-state index contributed by atoms with van der Waals surface area (Å²) in [5.74, 6) is -4.90. The molecule has 11 heteroatoms. The molecule has 178 valence electrons. The molecule has 3 aromatic rings. The molecule has 0 radical (unpaired) electrons. The lowest BCUT2D eigenvalue weighted by molar-refractivity contribution is 0.0425. The van der Waals surface area contributed by atoms with E-state index in [1.165, 1.54) is 61.7 Å². The third-order valence-corrected chi connectivity index (χ3v) is 5.31. The van der Waals surface area contributed by atoms with Crippen LogP contribution in [-0.2, 0) is 9.47 Å². The van der Waals surface area contributed by atoms with Gasteiger partial charge < -0.3 is 23.7 Å². The van der Waals surface area contributed by atoms with Crippen molar-refractivity contribution >= 4 is 35.8 Å². The highest BCUT2D eigenvalue weighted by Gasteiger charge is 2.32. The molecule has 0 amide bonds. The maximum absolute atomic E-state index is 12.6. The number of fused-ring (bicyclic) bond motifs is 2. The predicted octanol–water partition coefficient (Wildman–Crippen LogP) is 2.75. The lowest BCUT2D eigenvalue weighted by Gasteiger charge is -2.11. The first-order valence-electron chi connectivity index (χ1n) is 10.2. The van der Waals surface area contributed by atoms with Crippen LogP contribution in [0.15, 0.2) is 54.6 Å². The van der Waals surface area contributed by atoms with E-state index in [-0.39, 0.29) is 50.6 Å². The van der Waals surface area contributed by atoms with E-state index in [0.717, 1.165) is 0 Å². The van der Waals surface area contributed by atoms with Crippen LogP contribution in [0, 0.1) is 0 Å². The molecule has 11 nitrogen and oxygen atoms in total. The van der Waals surface area contributed by atoms with E-state index in [4.69, 9.17) is 14.2 Å². The second-order valence-electron chi connectivity index (χ2n) is 7.47. The summed E-state index contributed by atoms with van der Waals surface area (Å²) >= 11 is 0. The summed E-state index contributed by atoms with van der Waals surface area (Å²) < 4.78 is 24.9. The molecule has 0 N–H and O–H groups in total. The molecular formula is C25H12O11. The van der Waals surface area contributed by atoms with E-state index >= 15 is 0 Å². The lowest BCUT2D eigenvalue weighted by atomic mass is 10.1. The molecule has 0 saturated heterocycles. The first kappa shape index (κ1) is 22.5. The molecule has 2 aliphatic rings. The number of hydrogen-bond acceptors (Lipinski definition) is 11. The monoisotopic (exact) mass is 488 g/mol. The zero-order valence-electron chi connectivity index (χ0n) is 18.2. The van der Waals surface area contributed by atoms with E-state index in [1.54, 1.807) is 0 Å². The van der Waals surface area contributed by atoms with Crippen molar-refractivity contribution in [2.75, 3.05) is 7.11 Å². The Bertz CT molecular complexity index is 1530.